The zero-order valence-electron chi connectivity index (χ0n) is 29.3. The van der Waals surface area contributed by atoms with E-state index in [2.05, 4.69) is 27.6 Å². The van der Waals surface area contributed by atoms with Crippen molar-refractivity contribution in [2.24, 2.45) is 0 Å². The molecule has 8 nitrogen and oxygen atoms in total. The lowest BCUT2D eigenvalue weighted by Gasteiger charge is -2.41. The van der Waals surface area contributed by atoms with Crippen LogP contribution in [-0.4, -0.2) is 67.3 Å². The molecule has 0 aliphatic rings. The van der Waals surface area contributed by atoms with E-state index in [9.17, 15) is 27.9 Å². The summed E-state index contributed by atoms with van der Waals surface area (Å²) in [6.45, 7) is 1.18. The number of halogens is 4. The monoisotopic (exact) mass is 836 g/mol. The van der Waals surface area contributed by atoms with Gasteiger partial charge in [-0.25, -0.2) is 0 Å². The zero-order chi connectivity index (χ0) is 38.0. The zero-order valence-corrected chi connectivity index (χ0v) is 31.5. The number of carbonyl (C=O) groups excluding carboxylic acids is 2. The molecular formula is C41H40F3IN4O4. The van der Waals surface area contributed by atoms with Crippen LogP contribution in [0.3, 0.4) is 0 Å². The molecule has 0 aliphatic heterocycles. The van der Waals surface area contributed by atoms with Gasteiger partial charge in [-0.1, -0.05) is 72.8 Å². The number of benzene rings is 3. The quantitative estimate of drug-likeness (QED) is 0.0501. The molecule has 53 heavy (non-hydrogen) atoms. The van der Waals surface area contributed by atoms with Crippen molar-refractivity contribution in [2.45, 2.75) is 35.8 Å². The summed E-state index contributed by atoms with van der Waals surface area (Å²) in [5, 5.41) is 9.34. The first-order chi connectivity index (χ1) is 25.4. The number of alkyl halides is 4. The number of likely N-dealkylation sites (N-methyl/N-ethyl adjacent to an activating group) is 2. The van der Waals surface area contributed by atoms with Gasteiger partial charge in [-0.2, -0.15) is 13.2 Å². The third-order valence-corrected chi connectivity index (χ3v) is 10.1. The summed E-state index contributed by atoms with van der Waals surface area (Å²) in [7, 11) is 3.60. The van der Waals surface area contributed by atoms with Gasteiger partial charge in [0.25, 0.3) is 5.91 Å². The Hall–Kier alpha value is -4.79. The fourth-order valence-corrected chi connectivity index (χ4v) is 6.98. The van der Waals surface area contributed by atoms with E-state index < -0.39 is 21.2 Å². The van der Waals surface area contributed by atoms with Crippen LogP contribution in [0.15, 0.2) is 126 Å². The minimum atomic E-state index is -4.48. The van der Waals surface area contributed by atoms with Crippen molar-refractivity contribution < 1.29 is 32.3 Å². The Balaban J connectivity index is 1.45. The summed E-state index contributed by atoms with van der Waals surface area (Å²) in [5.41, 5.74) is 2.91. The maximum atomic E-state index is 14.7. The molecule has 0 fully saturated rings. The predicted molar refractivity (Wildman–Crippen MR) is 206 cm³/mol. The molecule has 1 unspecified atom stereocenters. The summed E-state index contributed by atoms with van der Waals surface area (Å²) in [6, 6.07) is 30.8. The van der Waals surface area contributed by atoms with E-state index in [1.807, 2.05) is 84.7 Å². The molecule has 2 aromatic heterocycles. The molecule has 0 saturated heterocycles. The number of hydrogen-bond donors (Lipinski definition) is 1. The second kappa shape index (κ2) is 17.8. The molecule has 0 radical (unpaired) electrons. The highest BCUT2D eigenvalue weighted by Crippen LogP contribution is 2.34. The summed E-state index contributed by atoms with van der Waals surface area (Å²) >= 11 is 2.08. The topological polar surface area (TPSA) is 90.1 Å². The largest absolute Gasteiger partial charge is 0.462 e. The molecule has 3 aromatic carbocycles. The van der Waals surface area contributed by atoms with Crippen LogP contribution in [0.4, 0.5) is 13.2 Å². The van der Waals surface area contributed by atoms with Crippen molar-refractivity contribution in [3.8, 4) is 11.3 Å². The first kappa shape index (κ1) is 39.4. The molecular weight excluding hydrogens is 796 g/mol. The molecule has 1 atom stereocenters. The van der Waals surface area contributed by atoms with E-state index in [0.29, 0.717) is 36.7 Å². The van der Waals surface area contributed by atoms with Crippen molar-refractivity contribution in [2.75, 3.05) is 27.2 Å². The van der Waals surface area contributed by atoms with E-state index in [4.69, 9.17) is 4.42 Å². The Morgan fingerprint density at radius 1 is 0.811 bits per heavy atom. The minimum absolute atomic E-state index is 0.0691. The minimum Gasteiger partial charge on any atom is -0.462 e. The Morgan fingerprint density at radius 3 is 2.11 bits per heavy atom. The van der Waals surface area contributed by atoms with Crippen molar-refractivity contribution in [3.63, 3.8) is 0 Å². The first-order valence-electron chi connectivity index (χ1n) is 16.9. The van der Waals surface area contributed by atoms with E-state index in [0.717, 1.165) is 34.5 Å². The number of aliphatic hydroxyl groups excluding tert-OH is 1. The molecule has 1 N–H and O–H groups in total. The van der Waals surface area contributed by atoms with E-state index in [1.54, 1.807) is 30.3 Å². The SMILES string of the molecule is CN(CCN(C)C(=O)C(I)(Cc1ccccc1)N(Cc1ccc(-c2ccccn2)cc1)C(=O)C=Cc1ccc(C(F)(F)F)cc1)Cc1ccc(CO)o1. The van der Waals surface area contributed by atoms with Gasteiger partial charge in [-0.05, 0) is 88.8 Å². The number of furan rings is 1. The lowest BCUT2D eigenvalue weighted by Crippen LogP contribution is -2.58. The molecule has 0 saturated carbocycles. The van der Waals surface area contributed by atoms with Crippen LogP contribution < -0.4 is 0 Å². The van der Waals surface area contributed by atoms with Crippen molar-refractivity contribution >= 4 is 40.5 Å². The van der Waals surface area contributed by atoms with Gasteiger partial charge in [0.1, 0.15) is 18.1 Å². The third kappa shape index (κ3) is 10.6. The molecule has 12 heteroatoms. The van der Waals surface area contributed by atoms with E-state index >= 15 is 0 Å². The Labute approximate surface area is 320 Å². The average Bonchev–Trinajstić information content (AvgIpc) is 3.62. The highest BCUT2D eigenvalue weighted by molar-refractivity contribution is 14.1. The number of aromatic nitrogens is 1. The Morgan fingerprint density at radius 2 is 1.49 bits per heavy atom. The van der Waals surface area contributed by atoms with Crippen LogP contribution >= 0.6 is 22.6 Å². The maximum Gasteiger partial charge on any atom is 0.416 e. The lowest BCUT2D eigenvalue weighted by molar-refractivity contribution is -0.144. The number of pyridine rings is 1. The lowest BCUT2D eigenvalue weighted by atomic mass is 10.0. The van der Waals surface area contributed by atoms with Crippen molar-refractivity contribution in [1.29, 1.82) is 0 Å². The van der Waals surface area contributed by atoms with Crippen molar-refractivity contribution in [1.82, 2.24) is 19.7 Å². The molecule has 5 rings (SSSR count). The summed E-state index contributed by atoms with van der Waals surface area (Å²) in [5.74, 6) is 0.376. The molecule has 0 aliphatic carbocycles. The van der Waals surface area contributed by atoms with Gasteiger partial charge in [0, 0.05) is 50.9 Å². The number of nitrogens with zero attached hydrogens (tertiary/aromatic N) is 4. The summed E-state index contributed by atoms with van der Waals surface area (Å²) in [4.78, 5) is 38.6. The van der Waals surface area contributed by atoms with Crippen molar-refractivity contribution in [3.05, 3.63) is 155 Å². The number of amides is 2. The summed E-state index contributed by atoms with van der Waals surface area (Å²) in [6.07, 6.45) is 0.177. The molecule has 276 valence electrons. The normalized spacial score (nSPS) is 12.9. The number of aliphatic hydroxyl groups is 1. The number of hydrogen-bond acceptors (Lipinski definition) is 6. The fourth-order valence-electron chi connectivity index (χ4n) is 5.72. The fraction of sp³-hybridized carbons (Fsp3) is 0.244. The maximum absolute atomic E-state index is 14.7. The Kier molecular flexibility index (Phi) is 13.3. The van der Waals surface area contributed by atoms with Gasteiger partial charge in [0.2, 0.25) is 5.91 Å². The van der Waals surface area contributed by atoms with Gasteiger partial charge in [0.15, 0.2) is 3.55 Å². The molecule has 2 heterocycles. The van der Waals surface area contributed by atoms with Crippen LogP contribution in [0.2, 0.25) is 0 Å². The second-order valence-electron chi connectivity index (χ2n) is 12.7. The molecule has 2 amide bonds. The third-order valence-electron chi connectivity index (χ3n) is 8.68. The van der Waals surface area contributed by atoms with Crippen LogP contribution in [0.25, 0.3) is 17.3 Å². The van der Waals surface area contributed by atoms with E-state index in [-0.39, 0.29) is 25.5 Å². The van der Waals surface area contributed by atoms with Gasteiger partial charge in [0.05, 0.1) is 17.8 Å². The number of rotatable bonds is 15. The van der Waals surface area contributed by atoms with Gasteiger partial charge in [-0.3, -0.25) is 19.5 Å². The van der Waals surface area contributed by atoms with Gasteiger partial charge >= 0.3 is 6.18 Å². The standard InChI is InChI=1S/C41H40F3IN4O4/c1-47(28-35-20-21-36(29-50)53-35)24-25-48(2)39(52)40(45,26-31-8-4-3-5-9-31)49(27-32-11-16-33(17-12-32)37-10-6-7-23-46-37)38(51)22-15-30-13-18-34(19-14-30)41(42,43)44/h3-23,50H,24-29H2,1-2H3. The smallest absolute Gasteiger partial charge is 0.416 e. The number of carbonyl (C=O) groups is 2. The highest BCUT2D eigenvalue weighted by atomic mass is 127. The predicted octanol–water partition coefficient (Wildman–Crippen LogP) is 7.86. The van der Waals surface area contributed by atoms with E-state index in [1.165, 1.54) is 29.2 Å². The highest BCUT2D eigenvalue weighted by Gasteiger charge is 2.45. The average molecular weight is 837 g/mol. The molecule has 0 spiro atoms. The summed E-state index contributed by atoms with van der Waals surface area (Å²) < 4.78 is 43.8. The van der Waals surface area contributed by atoms with Crippen LogP contribution in [0.1, 0.15) is 33.8 Å². The second-order valence-corrected chi connectivity index (χ2v) is 14.5. The van der Waals surface area contributed by atoms with Crippen LogP contribution in [0, 0.1) is 0 Å². The molecule has 0 bridgehead atoms. The van der Waals surface area contributed by atoms with Crippen LogP contribution in [-0.2, 0) is 41.9 Å². The van der Waals surface area contributed by atoms with Crippen LogP contribution in [0.5, 0.6) is 0 Å². The first-order valence-corrected chi connectivity index (χ1v) is 18.0. The van der Waals surface area contributed by atoms with Gasteiger partial charge < -0.3 is 19.3 Å². The Bertz CT molecular complexity index is 1970. The van der Waals surface area contributed by atoms with Gasteiger partial charge in [-0.15, -0.1) is 0 Å². The molecule has 5 aromatic rings.